The van der Waals surface area contributed by atoms with Gasteiger partial charge in [0.25, 0.3) is 10.1 Å². The number of benzene rings is 3. The van der Waals surface area contributed by atoms with Gasteiger partial charge in [-0.1, -0.05) is 68.4 Å². The molecule has 1 saturated carbocycles. The summed E-state index contributed by atoms with van der Waals surface area (Å²) >= 11 is 0. The first-order valence-corrected chi connectivity index (χ1v) is 14.2. The molecule has 0 radical (unpaired) electrons. The molecule has 0 saturated heterocycles. The standard InChI is InChI=1S/C30H36O5S/c1-23(25-10-16-28(17-11-25)35-18-6-7-19-36(32,33)34)20-30(26-12-14-27(31)15-13-26)22-29(30,2)21-24-8-4-3-5-9-24/h3-5,8-17,23,31H,6-7,18-22H2,1-2H3,(H,32,33,34). The summed E-state index contributed by atoms with van der Waals surface area (Å²) < 4.78 is 36.2. The summed E-state index contributed by atoms with van der Waals surface area (Å²) in [5.41, 5.74) is 4.07. The zero-order chi connectivity index (χ0) is 25.8. The second-order valence-corrected chi connectivity index (χ2v) is 12.1. The third kappa shape index (κ3) is 6.29. The molecule has 5 nitrogen and oxygen atoms in total. The average Bonchev–Trinajstić information content (AvgIpc) is 3.42. The lowest BCUT2D eigenvalue weighted by Gasteiger charge is -2.27. The molecule has 0 amide bonds. The second kappa shape index (κ2) is 10.7. The average molecular weight is 509 g/mol. The van der Waals surface area contributed by atoms with Crippen molar-refractivity contribution in [3.63, 3.8) is 0 Å². The van der Waals surface area contributed by atoms with E-state index >= 15 is 0 Å². The van der Waals surface area contributed by atoms with E-state index in [9.17, 15) is 13.5 Å². The predicted molar refractivity (Wildman–Crippen MR) is 143 cm³/mol. The summed E-state index contributed by atoms with van der Waals surface area (Å²) in [5.74, 6) is 1.14. The van der Waals surface area contributed by atoms with Crippen LogP contribution in [-0.2, 0) is 22.0 Å². The molecular weight excluding hydrogens is 472 g/mol. The van der Waals surface area contributed by atoms with Crippen molar-refractivity contribution in [1.29, 1.82) is 0 Å². The third-order valence-corrected chi connectivity index (χ3v) is 8.55. The Morgan fingerprint density at radius 3 is 2.25 bits per heavy atom. The summed E-state index contributed by atoms with van der Waals surface area (Å²) in [4.78, 5) is 0. The molecule has 3 unspecified atom stereocenters. The van der Waals surface area contributed by atoms with Crippen LogP contribution in [0.3, 0.4) is 0 Å². The van der Waals surface area contributed by atoms with Crippen LogP contribution in [0.15, 0.2) is 78.9 Å². The molecule has 0 heterocycles. The Morgan fingerprint density at radius 2 is 1.61 bits per heavy atom. The number of phenolic OH excluding ortho intramolecular Hbond substituents is 1. The number of hydrogen-bond acceptors (Lipinski definition) is 4. The lowest BCUT2D eigenvalue weighted by atomic mass is 9.76. The minimum absolute atomic E-state index is 0.0399. The van der Waals surface area contributed by atoms with E-state index in [1.165, 1.54) is 16.7 Å². The molecule has 3 aromatic rings. The maximum absolute atomic E-state index is 10.8. The highest BCUT2D eigenvalue weighted by Gasteiger charge is 2.64. The van der Waals surface area contributed by atoms with Gasteiger partial charge in [0.1, 0.15) is 11.5 Å². The molecule has 2 N–H and O–H groups in total. The Morgan fingerprint density at radius 1 is 0.944 bits per heavy atom. The molecule has 4 rings (SSSR count). The van der Waals surface area contributed by atoms with Crippen LogP contribution >= 0.6 is 0 Å². The molecule has 0 aliphatic heterocycles. The molecule has 6 heteroatoms. The van der Waals surface area contributed by atoms with Gasteiger partial charge in [-0.3, -0.25) is 4.55 Å². The van der Waals surface area contributed by atoms with Gasteiger partial charge >= 0.3 is 0 Å². The fourth-order valence-electron chi connectivity index (χ4n) is 5.68. The zero-order valence-electron chi connectivity index (χ0n) is 21.1. The van der Waals surface area contributed by atoms with Crippen LogP contribution in [-0.4, -0.2) is 30.4 Å². The van der Waals surface area contributed by atoms with E-state index in [4.69, 9.17) is 9.29 Å². The molecule has 0 bridgehead atoms. The largest absolute Gasteiger partial charge is 0.508 e. The Labute approximate surface area is 214 Å². The van der Waals surface area contributed by atoms with Crippen molar-refractivity contribution in [2.75, 3.05) is 12.4 Å². The first-order valence-electron chi connectivity index (χ1n) is 12.6. The van der Waals surface area contributed by atoms with Crippen LogP contribution in [0, 0.1) is 5.41 Å². The summed E-state index contributed by atoms with van der Waals surface area (Å²) in [6.07, 6.45) is 4.07. The van der Waals surface area contributed by atoms with Crippen LogP contribution in [0.4, 0.5) is 0 Å². The maximum Gasteiger partial charge on any atom is 0.264 e. The lowest BCUT2D eigenvalue weighted by molar-refractivity contribution is 0.309. The molecule has 3 aromatic carbocycles. The zero-order valence-corrected chi connectivity index (χ0v) is 21.9. The van der Waals surface area contributed by atoms with E-state index < -0.39 is 10.1 Å². The van der Waals surface area contributed by atoms with Crippen molar-refractivity contribution in [3.05, 3.63) is 95.6 Å². The van der Waals surface area contributed by atoms with Crippen molar-refractivity contribution in [3.8, 4) is 11.5 Å². The Bertz CT molecular complexity index is 1240. The van der Waals surface area contributed by atoms with Crippen LogP contribution in [0.1, 0.15) is 62.1 Å². The SMILES string of the molecule is CC(CC1(c2ccc(O)cc2)CC1(C)Cc1ccccc1)c1ccc(OCCCCS(=O)(=O)O)cc1. The highest BCUT2D eigenvalue weighted by molar-refractivity contribution is 7.85. The van der Waals surface area contributed by atoms with E-state index in [2.05, 4.69) is 68.4 Å². The van der Waals surface area contributed by atoms with Gasteiger partial charge in [0.05, 0.1) is 12.4 Å². The van der Waals surface area contributed by atoms with Crippen molar-refractivity contribution in [2.45, 2.75) is 57.3 Å². The van der Waals surface area contributed by atoms with Gasteiger partial charge in [0.15, 0.2) is 0 Å². The molecule has 3 atom stereocenters. The van der Waals surface area contributed by atoms with Crippen molar-refractivity contribution < 1.29 is 22.8 Å². The molecule has 192 valence electrons. The molecule has 1 aliphatic carbocycles. The maximum atomic E-state index is 10.8. The van der Waals surface area contributed by atoms with Gasteiger partial charge in [-0.2, -0.15) is 8.42 Å². The van der Waals surface area contributed by atoms with Crippen LogP contribution < -0.4 is 4.74 Å². The van der Waals surface area contributed by atoms with Gasteiger partial charge in [-0.15, -0.1) is 0 Å². The van der Waals surface area contributed by atoms with E-state index in [0.29, 0.717) is 31.1 Å². The van der Waals surface area contributed by atoms with Gasteiger partial charge in [0, 0.05) is 5.41 Å². The normalized spacial score (nSPS) is 22.2. The first-order chi connectivity index (χ1) is 17.1. The third-order valence-electron chi connectivity index (χ3n) is 7.75. The van der Waals surface area contributed by atoms with Crippen molar-refractivity contribution in [2.24, 2.45) is 5.41 Å². The molecule has 36 heavy (non-hydrogen) atoms. The highest BCUT2D eigenvalue weighted by atomic mass is 32.2. The smallest absolute Gasteiger partial charge is 0.264 e. The van der Waals surface area contributed by atoms with E-state index in [1.807, 2.05) is 12.1 Å². The number of aromatic hydroxyl groups is 1. The fraction of sp³-hybridized carbons (Fsp3) is 0.400. The molecule has 1 aliphatic rings. The monoisotopic (exact) mass is 508 g/mol. The summed E-state index contributed by atoms with van der Waals surface area (Å²) in [5, 5.41) is 9.87. The van der Waals surface area contributed by atoms with Gasteiger partial charge in [-0.05, 0) is 84.4 Å². The number of unbranched alkanes of at least 4 members (excludes halogenated alkanes) is 1. The molecule has 0 aromatic heterocycles. The van der Waals surface area contributed by atoms with Gasteiger partial charge in [0.2, 0.25) is 0 Å². The first kappa shape index (κ1) is 26.2. The minimum atomic E-state index is -3.91. The number of ether oxygens (including phenoxy) is 1. The summed E-state index contributed by atoms with van der Waals surface area (Å²) in [6.45, 7) is 5.07. The van der Waals surface area contributed by atoms with Gasteiger partial charge in [-0.25, -0.2) is 0 Å². The Hall–Kier alpha value is -2.83. The number of rotatable bonds is 12. The van der Waals surface area contributed by atoms with Crippen LogP contribution in [0.5, 0.6) is 11.5 Å². The van der Waals surface area contributed by atoms with Gasteiger partial charge < -0.3 is 9.84 Å². The van der Waals surface area contributed by atoms with E-state index in [1.54, 1.807) is 12.1 Å². The molecular formula is C30H36O5S. The lowest BCUT2D eigenvalue weighted by Crippen LogP contribution is -2.21. The fourth-order valence-corrected chi connectivity index (χ4v) is 6.25. The number of hydrogen-bond donors (Lipinski definition) is 2. The predicted octanol–water partition coefficient (Wildman–Crippen LogP) is 6.52. The highest BCUT2D eigenvalue weighted by Crippen LogP contribution is 2.69. The Balaban J connectivity index is 1.43. The van der Waals surface area contributed by atoms with Crippen molar-refractivity contribution >= 4 is 10.1 Å². The van der Waals surface area contributed by atoms with Crippen molar-refractivity contribution in [1.82, 2.24) is 0 Å². The Kier molecular flexibility index (Phi) is 7.76. The van der Waals surface area contributed by atoms with Crippen LogP contribution in [0.2, 0.25) is 0 Å². The topological polar surface area (TPSA) is 83.8 Å². The molecule has 0 spiro atoms. The van der Waals surface area contributed by atoms with E-state index in [0.717, 1.165) is 25.0 Å². The van der Waals surface area contributed by atoms with Crippen LogP contribution in [0.25, 0.3) is 0 Å². The quantitative estimate of drug-likeness (QED) is 0.215. The summed E-state index contributed by atoms with van der Waals surface area (Å²) in [6, 6.07) is 26.6. The summed E-state index contributed by atoms with van der Waals surface area (Å²) in [7, 11) is -3.91. The van der Waals surface area contributed by atoms with E-state index in [-0.39, 0.29) is 16.6 Å². The second-order valence-electron chi connectivity index (χ2n) is 10.5. The molecule has 1 fully saturated rings. The minimum Gasteiger partial charge on any atom is -0.508 e. The number of phenols is 1.